The smallest absolute Gasteiger partial charge is 0.224 e. The average Bonchev–Trinajstić information content (AvgIpc) is 2.73. The maximum Gasteiger partial charge on any atom is 0.224 e. The monoisotopic (exact) mass is 376 g/mol. The van der Waals surface area contributed by atoms with E-state index in [0.717, 1.165) is 17.7 Å². The van der Waals surface area contributed by atoms with Crippen molar-refractivity contribution in [1.29, 1.82) is 0 Å². The van der Waals surface area contributed by atoms with Crippen molar-refractivity contribution in [2.75, 3.05) is 11.9 Å². The second-order valence-corrected chi connectivity index (χ2v) is 6.06. The maximum atomic E-state index is 6.02. The largest absolute Gasteiger partial charge is 0.490 e. The van der Waals surface area contributed by atoms with Gasteiger partial charge in [0, 0.05) is 17.4 Å². The third-order valence-electron chi connectivity index (χ3n) is 3.83. The molecule has 0 aliphatic rings. The molecule has 6 nitrogen and oxygen atoms in total. The molecular weight excluding hydrogens is 352 g/mol. The molecule has 0 amide bonds. The first kappa shape index (κ1) is 19.2. The summed E-state index contributed by atoms with van der Waals surface area (Å²) in [6.07, 6.45) is 2.61. The Kier molecular flexibility index (Phi) is 6.84. The molecule has 28 heavy (non-hydrogen) atoms. The van der Waals surface area contributed by atoms with E-state index in [4.69, 9.17) is 15.2 Å². The van der Waals surface area contributed by atoms with Crippen molar-refractivity contribution in [1.82, 2.24) is 4.98 Å². The average molecular weight is 376 g/mol. The summed E-state index contributed by atoms with van der Waals surface area (Å²) in [6, 6.07) is 21.0. The molecule has 0 fully saturated rings. The molecule has 6 heteroatoms. The lowest BCUT2D eigenvalue weighted by atomic mass is 10.2. The van der Waals surface area contributed by atoms with Crippen LogP contribution in [-0.4, -0.2) is 17.6 Å². The van der Waals surface area contributed by atoms with Crippen LogP contribution in [0, 0.1) is 0 Å². The third kappa shape index (κ3) is 5.48. The second-order valence-electron chi connectivity index (χ2n) is 6.06. The molecule has 3 rings (SSSR count). The highest BCUT2D eigenvalue weighted by Crippen LogP contribution is 2.32. The van der Waals surface area contributed by atoms with Crippen molar-refractivity contribution in [3.8, 4) is 17.4 Å². The predicted octanol–water partition coefficient (Wildman–Crippen LogP) is 4.59. The van der Waals surface area contributed by atoms with E-state index in [-0.39, 0.29) is 0 Å². The Balaban J connectivity index is 1.72. The lowest BCUT2D eigenvalue weighted by Gasteiger charge is -2.13. The Morgan fingerprint density at radius 2 is 1.75 bits per heavy atom. The first-order valence-corrected chi connectivity index (χ1v) is 9.22. The normalized spacial score (nSPS) is 11.1. The van der Waals surface area contributed by atoms with E-state index >= 15 is 0 Å². The molecule has 1 heterocycles. The topological polar surface area (TPSA) is 81.8 Å². The zero-order valence-corrected chi connectivity index (χ0v) is 15.8. The van der Waals surface area contributed by atoms with E-state index in [1.807, 2.05) is 66.7 Å². The molecule has 0 aliphatic heterocycles. The summed E-state index contributed by atoms with van der Waals surface area (Å²) >= 11 is 0. The minimum Gasteiger partial charge on any atom is -0.490 e. The number of nitrogens with one attached hydrogen (secondary N) is 1. The molecule has 0 aliphatic carbocycles. The molecule has 144 valence electrons. The Morgan fingerprint density at radius 1 is 1.00 bits per heavy atom. The Labute approximate surface area is 165 Å². The summed E-state index contributed by atoms with van der Waals surface area (Å²) in [6.45, 7) is 3.03. The molecular formula is C22H24N4O2. The van der Waals surface area contributed by atoms with Crippen molar-refractivity contribution < 1.29 is 9.47 Å². The number of anilines is 1. The Morgan fingerprint density at radius 3 is 2.54 bits per heavy atom. The van der Waals surface area contributed by atoms with Crippen LogP contribution >= 0.6 is 0 Å². The van der Waals surface area contributed by atoms with Crippen LogP contribution in [0.5, 0.6) is 17.4 Å². The van der Waals surface area contributed by atoms with Crippen LogP contribution in [0.1, 0.15) is 18.9 Å². The number of nitrogens with zero attached hydrogens (tertiary/aromatic N) is 2. The molecule has 0 radical (unpaired) electrons. The number of nitrogens with two attached hydrogens (primary N) is 1. The Bertz CT molecular complexity index is 913. The number of para-hydroxylation sites is 3. The lowest BCUT2D eigenvalue weighted by molar-refractivity contribution is 0.300. The lowest BCUT2D eigenvalue weighted by Crippen LogP contribution is -2.22. The highest BCUT2D eigenvalue weighted by molar-refractivity contribution is 5.92. The van der Waals surface area contributed by atoms with Crippen molar-refractivity contribution in [3.05, 3.63) is 78.5 Å². The zero-order chi connectivity index (χ0) is 19.6. The van der Waals surface area contributed by atoms with Gasteiger partial charge in [0.05, 0.1) is 13.2 Å². The molecule has 0 atom stereocenters. The van der Waals surface area contributed by atoms with E-state index in [1.165, 1.54) is 0 Å². The number of benzene rings is 2. The number of hydrogen-bond donors (Lipinski definition) is 2. The van der Waals surface area contributed by atoms with Gasteiger partial charge in [0.15, 0.2) is 17.5 Å². The van der Waals surface area contributed by atoms with Gasteiger partial charge in [-0.25, -0.2) is 9.98 Å². The summed E-state index contributed by atoms with van der Waals surface area (Å²) in [7, 11) is 0. The van der Waals surface area contributed by atoms with Crippen LogP contribution in [0.3, 0.4) is 0 Å². The molecule has 3 aromatic rings. The van der Waals surface area contributed by atoms with Gasteiger partial charge in [0.25, 0.3) is 0 Å². The van der Waals surface area contributed by atoms with Crippen LogP contribution in [0.15, 0.2) is 77.9 Å². The number of hydrogen-bond acceptors (Lipinski definition) is 4. The van der Waals surface area contributed by atoms with E-state index in [1.54, 1.807) is 6.20 Å². The number of aliphatic imine (C=N–C) groups is 1. The number of aromatic nitrogens is 1. The zero-order valence-electron chi connectivity index (χ0n) is 15.8. The van der Waals surface area contributed by atoms with Gasteiger partial charge in [-0.2, -0.15) is 0 Å². The highest BCUT2D eigenvalue weighted by Gasteiger charge is 2.10. The number of rotatable bonds is 8. The fraction of sp³-hybridized carbons (Fsp3) is 0.182. The summed E-state index contributed by atoms with van der Waals surface area (Å²) in [5.74, 6) is 2.11. The van der Waals surface area contributed by atoms with E-state index in [0.29, 0.717) is 36.5 Å². The first-order chi connectivity index (χ1) is 13.8. The fourth-order valence-electron chi connectivity index (χ4n) is 2.49. The van der Waals surface area contributed by atoms with E-state index in [9.17, 15) is 0 Å². The van der Waals surface area contributed by atoms with Gasteiger partial charge in [0.1, 0.15) is 0 Å². The molecule has 0 unspecified atom stereocenters. The van der Waals surface area contributed by atoms with Crippen molar-refractivity contribution in [2.24, 2.45) is 10.7 Å². The molecule has 0 saturated carbocycles. The molecule has 3 N–H and O–H groups in total. The van der Waals surface area contributed by atoms with Crippen LogP contribution in [0.2, 0.25) is 0 Å². The molecule has 1 aromatic heterocycles. The second kappa shape index (κ2) is 9.97. The standard InChI is InChI=1S/C22H24N4O2/c1-2-15-27-19-12-6-7-13-20(19)28-21-17(9-8-14-24-21)16-25-22(23)26-18-10-4-3-5-11-18/h3-14H,2,15-16H2,1H3,(H3,23,25,26). The van der Waals surface area contributed by atoms with Crippen LogP contribution in [0.25, 0.3) is 0 Å². The quantitative estimate of drug-likeness (QED) is 0.444. The first-order valence-electron chi connectivity index (χ1n) is 9.22. The number of ether oxygens (including phenoxy) is 2. The minimum atomic E-state index is 0.327. The number of guanidine groups is 1. The molecule has 0 bridgehead atoms. The summed E-state index contributed by atoms with van der Waals surface area (Å²) in [5.41, 5.74) is 7.70. The van der Waals surface area contributed by atoms with Gasteiger partial charge in [-0.1, -0.05) is 43.3 Å². The Hall–Kier alpha value is -3.54. The molecule has 0 saturated heterocycles. The van der Waals surface area contributed by atoms with Gasteiger partial charge in [-0.15, -0.1) is 0 Å². The molecule has 2 aromatic carbocycles. The van der Waals surface area contributed by atoms with Crippen molar-refractivity contribution in [3.63, 3.8) is 0 Å². The SMILES string of the molecule is CCCOc1ccccc1Oc1ncccc1CN=C(N)Nc1ccccc1. The number of pyridine rings is 1. The molecule has 0 spiro atoms. The van der Waals surface area contributed by atoms with Gasteiger partial charge in [-0.3, -0.25) is 0 Å². The highest BCUT2D eigenvalue weighted by atomic mass is 16.5. The summed E-state index contributed by atoms with van der Waals surface area (Å²) in [5, 5.41) is 3.06. The van der Waals surface area contributed by atoms with E-state index < -0.39 is 0 Å². The van der Waals surface area contributed by atoms with Crippen molar-refractivity contribution >= 4 is 11.6 Å². The minimum absolute atomic E-state index is 0.327. The van der Waals surface area contributed by atoms with E-state index in [2.05, 4.69) is 22.2 Å². The summed E-state index contributed by atoms with van der Waals surface area (Å²) < 4.78 is 11.8. The van der Waals surface area contributed by atoms with Gasteiger partial charge in [0.2, 0.25) is 5.88 Å². The van der Waals surface area contributed by atoms with Crippen LogP contribution in [0.4, 0.5) is 5.69 Å². The van der Waals surface area contributed by atoms with Crippen LogP contribution < -0.4 is 20.5 Å². The summed E-state index contributed by atoms with van der Waals surface area (Å²) in [4.78, 5) is 8.75. The van der Waals surface area contributed by atoms with Gasteiger partial charge < -0.3 is 20.5 Å². The van der Waals surface area contributed by atoms with Gasteiger partial charge in [-0.05, 0) is 36.8 Å². The van der Waals surface area contributed by atoms with Gasteiger partial charge >= 0.3 is 0 Å². The maximum absolute atomic E-state index is 6.02. The van der Waals surface area contributed by atoms with Crippen molar-refractivity contribution in [2.45, 2.75) is 19.9 Å². The predicted molar refractivity (Wildman–Crippen MR) is 112 cm³/mol. The van der Waals surface area contributed by atoms with Crippen LogP contribution in [-0.2, 0) is 6.54 Å². The fourth-order valence-corrected chi connectivity index (χ4v) is 2.49. The third-order valence-corrected chi connectivity index (χ3v) is 3.83.